The summed E-state index contributed by atoms with van der Waals surface area (Å²) in [5.74, 6) is 0.0000743. The Bertz CT molecular complexity index is 504. The monoisotopic (exact) mass is 363 g/mol. The summed E-state index contributed by atoms with van der Waals surface area (Å²) in [6.07, 6.45) is 0. The summed E-state index contributed by atoms with van der Waals surface area (Å²) in [7, 11) is -1.93. The van der Waals surface area contributed by atoms with Crippen LogP contribution in [0.4, 0.5) is 0 Å². The lowest BCUT2D eigenvalue weighted by atomic mass is 10.3. The molecule has 0 aliphatic heterocycles. The third-order valence-corrected chi connectivity index (χ3v) is 5.78. The van der Waals surface area contributed by atoms with Gasteiger partial charge >= 0.3 is 13.5 Å². The summed E-state index contributed by atoms with van der Waals surface area (Å²) >= 11 is 3.32. The molecular weight excluding hydrogens is 345 g/mol. The minimum atomic E-state index is -3.22. The number of methoxy groups -OCH3 is 1. The quantitative estimate of drug-likeness (QED) is 0.618. The van der Waals surface area contributed by atoms with Crippen LogP contribution in [0.2, 0.25) is 0 Å². The van der Waals surface area contributed by atoms with E-state index in [1.54, 1.807) is 45.0 Å². The van der Waals surface area contributed by atoms with Gasteiger partial charge in [0.2, 0.25) is 0 Å². The maximum absolute atomic E-state index is 12.8. The van der Waals surface area contributed by atoms with E-state index in [0.717, 1.165) is 4.47 Å². The number of benzene rings is 1. The van der Waals surface area contributed by atoms with E-state index < -0.39 is 19.5 Å². The highest BCUT2D eigenvalue weighted by Crippen LogP contribution is 2.48. The lowest BCUT2D eigenvalue weighted by molar-refractivity contribution is -0.142. The number of rotatable bonds is 6. The second-order valence-corrected chi connectivity index (χ2v) is 8.19. The first-order chi connectivity index (χ1) is 9.28. The van der Waals surface area contributed by atoms with Crippen LogP contribution in [0.25, 0.3) is 0 Å². The summed E-state index contributed by atoms with van der Waals surface area (Å²) in [5, 5.41) is 2.75. The number of hydrogen-bond acceptors (Lipinski definition) is 4. The van der Waals surface area contributed by atoms with E-state index in [1.165, 1.54) is 7.11 Å². The van der Waals surface area contributed by atoms with Gasteiger partial charge in [-0.05, 0) is 31.2 Å². The van der Waals surface area contributed by atoms with Crippen molar-refractivity contribution in [1.82, 2.24) is 5.09 Å². The van der Waals surface area contributed by atoms with Gasteiger partial charge in [-0.2, -0.15) is 0 Å². The topological polar surface area (TPSA) is 64.6 Å². The number of esters is 1. The molecule has 5 nitrogen and oxygen atoms in total. The molecule has 0 aliphatic carbocycles. The molecule has 2 atom stereocenters. The Morgan fingerprint density at radius 2 is 1.80 bits per heavy atom. The number of nitrogens with one attached hydrogen (secondary N) is 1. The molecule has 20 heavy (non-hydrogen) atoms. The molecule has 0 spiro atoms. The summed E-state index contributed by atoms with van der Waals surface area (Å²) < 4.78 is 24.0. The van der Waals surface area contributed by atoms with E-state index in [9.17, 15) is 9.36 Å². The molecule has 1 aromatic carbocycles. The molecule has 1 N–H and O–H groups in total. The molecule has 112 valence electrons. The van der Waals surface area contributed by atoms with Crippen molar-refractivity contribution in [3.63, 3.8) is 0 Å². The molecule has 0 amide bonds. The predicted molar refractivity (Wildman–Crippen MR) is 82.1 cm³/mol. The fourth-order valence-electron chi connectivity index (χ4n) is 1.43. The molecule has 7 heteroatoms. The van der Waals surface area contributed by atoms with Gasteiger partial charge in [-0.15, -0.1) is 0 Å². The van der Waals surface area contributed by atoms with Gasteiger partial charge in [0.15, 0.2) is 0 Å². The second-order valence-electron chi connectivity index (χ2n) is 4.61. The van der Waals surface area contributed by atoms with Gasteiger partial charge < -0.3 is 9.26 Å². The van der Waals surface area contributed by atoms with Gasteiger partial charge in [-0.3, -0.25) is 9.36 Å². The molecule has 0 saturated carbocycles. The molecule has 0 heterocycles. The van der Waals surface area contributed by atoms with E-state index >= 15 is 0 Å². The molecule has 0 aliphatic rings. The summed E-state index contributed by atoms with van der Waals surface area (Å²) in [6, 6.07) is 6.31. The first-order valence-corrected chi connectivity index (χ1v) is 8.67. The molecule has 0 saturated heterocycles. The van der Waals surface area contributed by atoms with Gasteiger partial charge in [-0.1, -0.05) is 29.8 Å². The molecule has 0 radical (unpaired) electrons. The molecule has 0 fully saturated rings. The number of hydrogen-bond donors (Lipinski definition) is 1. The van der Waals surface area contributed by atoms with Gasteiger partial charge in [0.25, 0.3) is 0 Å². The Labute approximate surface area is 127 Å². The van der Waals surface area contributed by atoms with Crippen molar-refractivity contribution >= 4 is 29.4 Å². The average molecular weight is 364 g/mol. The van der Waals surface area contributed by atoms with Crippen molar-refractivity contribution in [2.45, 2.75) is 32.5 Å². The fourth-order valence-corrected chi connectivity index (χ4v) is 3.34. The summed E-state index contributed by atoms with van der Waals surface area (Å²) in [5.41, 5.74) is -0.279. The van der Waals surface area contributed by atoms with Crippen LogP contribution >= 0.6 is 23.4 Å². The van der Waals surface area contributed by atoms with Crippen LogP contribution in [0.5, 0.6) is 5.75 Å². The predicted octanol–water partition coefficient (Wildman–Crippen LogP) is 3.58. The zero-order chi connectivity index (χ0) is 15.3. The first kappa shape index (κ1) is 17.2. The van der Waals surface area contributed by atoms with E-state index in [1.807, 2.05) is 0 Å². The zero-order valence-electron chi connectivity index (χ0n) is 11.9. The number of ether oxygens (including phenoxy) is 1. The van der Waals surface area contributed by atoms with Gasteiger partial charge in [0.05, 0.1) is 12.8 Å². The lowest BCUT2D eigenvalue weighted by Crippen LogP contribution is -2.36. The molecule has 0 aromatic heterocycles. The Hall–Kier alpha value is -0.840. The standard InChI is InChI=1S/C13H19BrNO4P/c1-9(2)20(17,15-10(3)13(16)18-4)19-12-7-5-11(14)6-8-12/h5-10H,1-4H3,(H,15,17)/t10-,20?/m0/s1. The number of halogens is 1. The van der Waals surface area contributed by atoms with Gasteiger partial charge in [0.1, 0.15) is 11.8 Å². The maximum atomic E-state index is 12.8. The van der Waals surface area contributed by atoms with Gasteiger partial charge in [0, 0.05) is 4.47 Å². The Morgan fingerprint density at radius 3 is 2.25 bits per heavy atom. The van der Waals surface area contributed by atoms with Crippen molar-refractivity contribution in [2.75, 3.05) is 7.11 Å². The highest BCUT2D eigenvalue weighted by Gasteiger charge is 2.33. The minimum Gasteiger partial charge on any atom is -0.468 e. The Morgan fingerprint density at radius 1 is 1.25 bits per heavy atom. The highest BCUT2D eigenvalue weighted by atomic mass is 79.9. The average Bonchev–Trinajstić information content (AvgIpc) is 2.40. The normalized spacial score (nSPS) is 15.5. The largest absolute Gasteiger partial charge is 0.468 e. The third-order valence-electron chi connectivity index (χ3n) is 2.66. The van der Waals surface area contributed by atoms with Crippen molar-refractivity contribution in [3.8, 4) is 5.75 Å². The summed E-state index contributed by atoms with van der Waals surface area (Å²) in [6.45, 7) is 5.14. The molecular formula is C13H19BrNO4P. The molecule has 1 aromatic rings. The van der Waals surface area contributed by atoms with Crippen LogP contribution in [0, 0.1) is 0 Å². The van der Waals surface area contributed by atoms with E-state index in [-0.39, 0.29) is 5.66 Å². The number of carbonyl (C=O) groups is 1. The van der Waals surface area contributed by atoms with Crippen LogP contribution < -0.4 is 9.61 Å². The second kappa shape index (κ2) is 7.25. The van der Waals surface area contributed by atoms with Crippen LogP contribution in [-0.4, -0.2) is 24.8 Å². The van der Waals surface area contributed by atoms with Crippen molar-refractivity contribution in [3.05, 3.63) is 28.7 Å². The van der Waals surface area contributed by atoms with Crippen LogP contribution in [-0.2, 0) is 14.1 Å². The van der Waals surface area contributed by atoms with Crippen LogP contribution in [0.1, 0.15) is 20.8 Å². The Kier molecular flexibility index (Phi) is 6.24. The van der Waals surface area contributed by atoms with Crippen LogP contribution in [0.15, 0.2) is 28.7 Å². The van der Waals surface area contributed by atoms with E-state index in [4.69, 9.17) is 4.52 Å². The third kappa shape index (κ3) is 4.62. The van der Waals surface area contributed by atoms with Gasteiger partial charge in [-0.25, -0.2) is 5.09 Å². The van der Waals surface area contributed by atoms with E-state index in [0.29, 0.717) is 5.75 Å². The molecule has 1 unspecified atom stereocenters. The zero-order valence-corrected chi connectivity index (χ0v) is 14.4. The van der Waals surface area contributed by atoms with Crippen molar-refractivity contribution in [1.29, 1.82) is 0 Å². The fraction of sp³-hybridized carbons (Fsp3) is 0.462. The number of carbonyl (C=O) groups excluding carboxylic acids is 1. The SMILES string of the molecule is COC(=O)[C@H](C)NP(=O)(Oc1ccc(Br)cc1)C(C)C. The highest BCUT2D eigenvalue weighted by molar-refractivity contribution is 9.10. The van der Waals surface area contributed by atoms with Crippen molar-refractivity contribution in [2.24, 2.45) is 0 Å². The molecule has 1 rings (SSSR count). The van der Waals surface area contributed by atoms with Crippen LogP contribution in [0.3, 0.4) is 0 Å². The molecule has 0 bridgehead atoms. The lowest BCUT2D eigenvalue weighted by Gasteiger charge is -2.26. The van der Waals surface area contributed by atoms with E-state index in [2.05, 4.69) is 25.8 Å². The maximum Gasteiger partial charge on any atom is 0.323 e. The Balaban J connectivity index is 2.89. The minimum absolute atomic E-state index is 0.279. The summed E-state index contributed by atoms with van der Waals surface area (Å²) in [4.78, 5) is 11.4. The smallest absolute Gasteiger partial charge is 0.323 e. The van der Waals surface area contributed by atoms with Crippen molar-refractivity contribution < 1.29 is 18.6 Å². The first-order valence-electron chi connectivity index (χ1n) is 6.19.